The van der Waals surface area contributed by atoms with Crippen molar-refractivity contribution < 1.29 is 4.42 Å². The first-order valence-corrected chi connectivity index (χ1v) is 10.2. The minimum atomic E-state index is 0.00687. The maximum Gasteiger partial charge on any atom is 0.174 e. The molecule has 0 aliphatic carbocycles. The first-order valence-electron chi connectivity index (χ1n) is 10.2. The zero-order valence-corrected chi connectivity index (χ0v) is 17.2. The van der Waals surface area contributed by atoms with E-state index in [2.05, 4.69) is 19.9 Å². The Morgan fingerprint density at radius 1 is 0.727 bits per heavy atom. The Kier molecular flexibility index (Phi) is 3.87. The van der Waals surface area contributed by atoms with Crippen LogP contribution in [0, 0.1) is 10.8 Å². The largest absolute Gasteiger partial charge is 0.453 e. The monoisotopic (exact) mass is 434 g/mol. The highest BCUT2D eigenvalue weighted by molar-refractivity contribution is 5.99. The quantitative estimate of drug-likeness (QED) is 0.181. The third kappa shape index (κ3) is 3.10. The predicted octanol–water partition coefficient (Wildman–Crippen LogP) is 4.09. The molecular formula is C24H18N8O. The van der Waals surface area contributed by atoms with E-state index in [0.29, 0.717) is 34.1 Å². The molecule has 6 rings (SSSR count). The highest BCUT2D eigenvalue weighted by atomic mass is 16.3. The fourth-order valence-corrected chi connectivity index (χ4v) is 3.90. The number of fused-ring (bicyclic) bond motifs is 3. The van der Waals surface area contributed by atoms with E-state index in [1.54, 1.807) is 18.2 Å². The number of nitrogen functional groups attached to an aromatic ring is 2. The lowest BCUT2D eigenvalue weighted by Gasteiger charge is -1.96. The fourth-order valence-electron chi connectivity index (χ4n) is 3.90. The van der Waals surface area contributed by atoms with Crippen LogP contribution >= 0.6 is 0 Å². The van der Waals surface area contributed by atoms with E-state index < -0.39 is 0 Å². The van der Waals surface area contributed by atoms with E-state index in [-0.39, 0.29) is 11.7 Å². The maximum absolute atomic E-state index is 7.62. The van der Waals surface area contributed by atoms with E-state index in [0.717, 1.165) is 33.0 Å². The molecule has 0 bridgehead atoms. The van der Waals surface area contributed by atoms with Crippen molar-refractivity contribution in [3.63, 3.8) is 0 Å². The number of nitrogens with one attached hydrogen (secondary N) is 4. The van der Waals surface area contributed by atoms with Gasteiger partial charge >= 0.3 is 0 Å². The standard InChI is InChI=1S/C24H18N8O/c25-21(26)12-3-5-15-17(7-12)31-23(29-15)14-2-1-11-9-20(33-19(11)10-14)24-30-16-6-4-13(22(27)28)8-18(16)32-24/h1-10H,(H3,25,26)(H3,27,28)(H,29,31)(H,30,32). The van der Waals surface area contributed by atoms with Gasteiger partial charge in [0, 0.05) is 22.1 Å². The molecule has 0 atom stereocenters. The van der Waals surface area contributed by atoms with Gasteiger partial charge in [-0.2, -0.15) is 0 Å². The number of aromatic nitrogens is 4. The van der Waals surface area contributed by atoms with Gasteiger partial charge in [0.2, 0.25) is 0 Å². The normalized spacial score (nSPS) is 11.5. The molecule has 0 saturated carbocycles. The molecule has 9 nitrogen and oxygen atoms in total. The van der Waals surface area contributed by atoms with Crippen molar-refractivity contribution in [2.24, 2.45) is 11.5 Å². The van der Waals surface area contributed by atoms with Crippen molar-refractivity contribution >= 4 is 44.7 Å². The van der Waals surface area contributed by atoms with E-state index in [4.69, 9.17) is 26.7 Å². The molecule has 3 aromatic heterocycles. The molecule has 6 aromatic rings. The van der Waals surface area contributed by atoms with Crippen LogP contribution < -0.4 is 11.5 Å². The second-order valence-electron chi connectivity index (χ2n) is 7.83. The third-order valence-corrected chi connectivity index (χ3v) is 5.61. The number of rotatable bonds is 4. The van der Waals surface area contributed by atoms with Gasteiger partial charge in [-0.3, -0.25) is 10.8 Å². The van der Waals surface area contributed by atoms with Gasteiger partial charge in [-0.05, 0) is 48.5 Å². The summed E-state index contributed by atoms with van der Waals surface area (Å²) in [5.74, 6) is 1.93. The van der Waals surface area contributed by atoms with Gasteiger partial charge in [0.25, 0.3) is 0 Å². The van der Waals surface area contributed by atoms with Crippen molar-refractivity contribution in [1.82, 2.24) is 19.9 Å². The van der Waals surface area contributed by atoms with Gasteiger partial charge in [0.1, 0.15) is 23.1 Å². The first kappa shape index (κ1) is 18.8. The highest BCUT2D eigenvalue weighted by Crippen LogP contribution is 2.31. The molecule has 3 aromatic carbocycles. The molecule has 0 aliphatic rings. The molecule has 0 unspecified atom stereocenters. The van der Waals surface area contributed by atoms with Crippen LogP contribution in [0.4, 0.5) is 0 Å². The van der Waals surface area contributed by atoms with E-state index in [9.17, 15) is 0 Å². The van der Waals surface area contributed by atoms with E-state index in [1.165, 1.54) is 0 Å². The number of imidazole rings is 2. The lowest BCUT2D eigenvalue weighted by Crippen LogP contribution is -2.10. The Bertz CT molecular complexity index is 1650. The number of H-pyrrole nitrogens is 2. The number of nitrogens with zero attached hydrogens (tertiary/aromatic N) is 2. The van der Waals surface area contributed by atoms with Crippen LogP contribution in [0.25, 0.3) is 56.0 Å². The third-order valence-electron chi connectivity index (χ3n) is 5.61. The van der Waals surface area contributed by atoms with Gasteiger partial charge in [-0.1, -0.05) is 12.1 Å². The summed E-state index contributed by atoms with van der Waals surface area (Å²) < 4.78 is 6.10. The van der Waals surface area contributed by atoms with Gasteiger partial charge in [0.15, 0.2) is 11.6 Å². The summed E-state index contributed by atoms with van der Waals surface area (Å²) in [5.41, 5.74) is 17.2. The summed E-state index contributed by atoms with van der Waals surface area (Å²) in [4.78, 5) is 15.8. The van der Waals surface area contributed by atoms with Crippen LogP contribution in [0.1, 0.15) is 11.1 Å². The molecule has 3 heterocycles. The van der Waals surface area contributed by atoms with E-state index >= 15 is 0 Å². The SMILES string of the molecule is N=C(N)c1ccc2nc(-c3ccc4cc(-c5nc6ccc(C(=N)N)cc6[nH]5)oc4c3)[nH]c2c1. The Hall–Kier alpha value is -4.92. The minimum absolute atomic E-state index is 0.00687. The maximum atomic E-state index is 7.62. The van der Waals surface area contributed by atoms with E-state index in [1.807, 2.05) is 42.5 Å². The van der Waals surface area contributed by atoms with Gasteiger partial charge in [-0.15, -0.1) is 0 Å². The van der Waals surface area contributed by atoms with Crippen molar-refractivity contribution in [1.29, 1.82) is 10.8 Å². The average Bonchev–Trinajstić information content (AvgIpc) is 3.52. The van der Waals surface area contributed by atoms with Gasteiger partial charge in [-0.25, -0.2) is 9.97 Å². The zero-order valence-electron chi connectivity index (χ0n) is 17.2. The molecule has 8 N–H and O–H groups in total. The molecule has 160 valence electrons. The highest BCUT2D eigenvalue weighted by Gasteiger charge is 2.14. The lowest BCUT2D eigenvalue weighted by molar-refractivity contribution is 0.627. The Labute approximate surface area is 186 Å². The van der Waals surface area contributed by atoms with Crippen LogP contribution in [-0.2, 0) is 0 Å². The second-order valence-corrected chi connectivity index (χ2v) is 7.83. The van der Waals surface area contributed by atoms with Crippen LogP contribution in [0.15, 0.2) is 65.1 Å². The summed E-state index contributed by atoms with van der Waals surface area (Å²) in [6.45, 7) is 0. The predicted molar refractivity (Wildman–Crippen MR) is 128 cm³/mol. The number of nitrogens with two attached hydrogens (primary N) is 2. The van der Waals surface area contributed by atoms with Crippen LogP contribution in [0.5, 0.6) is 0 Å². The van der Waals surface area contributed by atoms with Crippen molar-refractivity contribution in [3.05, 3.63) is 71.8 Å². The Morgan fingerprint density at radius 3 is 1.97 bits per heavy atom. The molecule has 0 spiro atoms. The zero-order chi connectivity index (χ0) is 22.7. The molecule has 0 fully saturated rings. The van der Waals surface area contributed by atoms with Gasteiger partial charge < -0.3 is 25.9 Å². The first-order chi connectivity index (χ1) is 15.9. The van der Waals surface area contributed by atoms with Crippen LogP contribution in [0.3, 0.4) is 0 Å². The molecule has 0 saturated heterocycles. The molecule has 9 heteroatoms. The Morgan fingerprint density at radius 2 is 1.33 bits per heavy atom. The second kappa shape index (κ2) is 6.79. The van der Waals surface area contributed by atoms with Crippen LogP contribution in [0.2, 0.25) is 0 Å². The molecular weight excluding hydrogens is 416 g/mol. The number of amidine groups is 2. The molecule has 0 aliphatic heterocycles. The fraction of sp³-hybridized carbons (Fsp3) is 0. The summed E-state index contributed by atoms with van der Waals surface area (Å²) in [5, 5.41) is 16.2. The molecule has 0 radical (unpaired) electrons. The smallest absolute Gasteiger partial charge is 0.174 e. The summed E-state index contributed by atoms with van der Waals surface area (Å²) in [7, 11) is 0. The Balaban J connectivity index is 1.39. The number of aromatic amines is 2. The summed E-state index contributed by atoms with van der Waals surface area (Å²) >= 11 is 0. The van der Waals surface area contributed by atoms with Crippen LogP contribution in [-0.4, -0.2) is 31.6 Å². The summed E-state index contributed by atoms with van der Waals surface area (Å²) in [6.07, 6.45) is 0. The average molecular weight is 434 g/mol. The van der Waals surface area contributed by atoms with Gasteiger partial charge in [0.05, 0.1) is 22.1 Å². The minimum Gasteiger partial charge on any atom is -0.453 e. The van der Waals surface area contributed by atoms with Crippen molar-refractivity contribution in [2.75, 3.05) is 0 Å². The topological polar surface area (TPSA) is 170 Å². The number of benzene rings is 3. The molecule has 0 amide bonds. The summed E-state index contributed by atoms with van der Waals surface area (Å²) in [6, 6.07) is 18.6. The number of hydrogen-bond donors (Lipinski definition) is 6. The van der Waals surface area contributed by atoms with Crippen molar-refractivity contribution in [2.45, 2.75) is 0 Å². The number of hydrogen-bond acceptors (Lipinski definition) is 5. The van der Waals surface area contributed by atoms with Crippen molar-refractivity contribution in [3.8, 4) is 23.0 Å². The number of furan rings is 1. The lowest BCUT2D eigenvalue weighted by atomic mass is 10.1. The molecule has 33 heavy (non-hydrogen) atoms.